The first-order valence-corrected chi connectivity index (χ1v) is 17.7. The number of ether oxygens (including phenoxy) is 1. The highest BCUT2D eigenvalue weighted by atomic mass is 31.1. The summed E-state index contributed by atoms with van der Waals surface area (Å²) in [5.74, 6) is 3.57. The van der Waals surface area contributed by atoms with E-state index in [0.717, 1.165) is 78.1 Å². The predicted octanol–water partition coefficient (Wildman–Crippen LogP) is 11.7. The molecule has 5 nitrogen and oxygen atoms in total. The van der Waals surface area contributed by atoms with Crippen LogP contribution in [0, 0.1) is 13.8 Å². The summed E-state index contributed by atoms with van der Waals surface area (Å²) in [6.07, 6.45) is 0. The number of rotatable bonds is 12. The van der Waals surface area contributed by atoms with Crippen molar-refractivity contribution in [3.05, 3.63) is 173 Å². The predicted molar refractivity (Wildman–Crippen MR) is 203 cm³/mol. The van der Waals surface area contributed by atoms with Crippen molar-refractivity contribution in [3.8, 4) is 28.7 Å². The van der Waals surface area contributed by atoms with Crippen LogP contribution in [0.15, 0.2) is 146 Å². The third-order valence-electron chi connectivity index (χ3n) is 8.68. The lowest BCUT2D eigenvalue weighted by Gasteiger charge is -2.27. The summed E-state index contributed by atoms with van der Waals surface area (Å²) in [6.45, 7) is 4.07. The molecule has 244 valence electrons. The van der Waals surface area contributed by atoms with E-state index in [2.05, 4.69) is 84.9 Å². The van der Waals surface area contributed by atoms with E-state index in [4.69, 9.17) is 22.8 Å². The fourth-order valence-electron chi connectivity index (χ4n) is 6.16. The molecule has 0 aliphatic carbocycles. The maximum absolute atomic E-state index is 6.59. The number of hydrogen-bond acceptors (Lipinski definition) is 5. The molecule has 0 amide bonds. The summed E-state index contributed by atoms with van der Waals surface area (Å²) in [6, 6.07) is 49.4. The van der Waals surface area contributed by atoms with Gasteiger partial charge in [-0.05, 0) is 88.5 Å². The van der Waals surface area contributed by atoms with Gasteiger partial charge in [0.05, 0.1) is 7.11 Å². The lowest BCUT2D eigenvalue weighted by molar-refractivity contribution is 0.414. The SMILES string of the molecule is COc1ccc(C(c2c(OPOc3ccccc3C)ccc3ccccc23)c2c(OPOc3ccccc3C)ccc3ccccc23)cc1. The molecule has 7 aromatic carbocycles. The molecule has 0 bridgehead atoms. The van der Waals surface area contributed by atoms with E-state index in [1.165, 1.54) is 0 Å². The van der Waals surface area contributed by atoms with Gasteiger partial charge in [0.15, 0.2) is 0 Å². The van der Waals surface area contributed by atoms with E-state index in [9.17, 15) is 0 Å². The highest BCUT2D eigenvalue weighted by Crippen LogP contribution is 2.49. The van der Waals surface area contributed by atoms with Crippen LogP contribution in [0.4, 0.5) is 0 Å². The maximum Gasteiger partial charge on any atom is 0.275 e. The standard InChI is InChI=1S/C42H36O5P2/c1-28-12-4-10-18-36(28)44-48-46-38-26-22-30-14-6-8-16-34(30)41(38)40(32-20-24-33(43-3)25-21-32)42-35-17-9-7-15-31(35)23-27-39(42)47-49-45-37-19-11-5-13-29(37)2/h4-27,40,48-49H,1-3H3. The zero-order valence-electron chi connectivity index (χ0n) is 27.5. The molecule has 2 unspecified atom stereocenters. The lowest BCUT2D eigenvalue weighted by Crippen LogP contribution is -2.09. The number of methoxy groups -OCH3 is 1. The molecule has 0 heterocycles. The topological polar surface area (TPSA) is 46.2 Å². The van der Waals surface area contributed by atoms with E-state index in [1.807, 2.05) is 74.5 Å². The first-order chi connectivity index (χ1) is 24.1. The van der Waals surface area contributed by atoms with Crippen LogP contribution in [-0.2, 0) is 0 Å². The van der Waals surface area contributed by atoms with Crippen LogP contribution < -0.4 is 22.8 Å². The van der Waals surface area contributed by atoms with Crippen LogP contribution in [0.1, 0.15) is 33.7 Å². The Hall–Kier alpha value is -5.08. The number of fused-ring (bicyclic) bond motifs is 2. The van der Waals surface area contributed by atoms with Crippen molar-refractivity contribution in [3.63, 3.8) is 0 Å². The molecule has 49 heavy (non-hydrogen) atoms. The zero-order chi connectivity index (χ0) is 33.6. The molecule has 0 radical (unpaired) electrons. The zero-order valence-corrected chi connectivity index (χ0v) is 29.5. The van der Waals surface area contributed by atoms with Crippen molar-refractivity contribution in [2.24, 2.45) is 0 Å². The fraction of sp³-hybridized carbons (Fsp3) is 0.0952. The summed E-state index contributed by atoms with van der Waals surface area (Å²) in [4.78, 5) is 0. The van der Waals surface area contributed by atoms with E-state index in [-0.39, 0.29) is 24.0 Å². The van der Waals surface area contributed by atoms with E-state index < -0.39 is 0 Å². The fourth-order valence-corrected chi connectivity index (χ4v) is 7.42. The van der Waals surface area contributed by atoms with Gasteiger partial charge in [0.1, 0.15) is 28.7 Å². The van der Waals surface area contributed by atoms with Crippen molar-refractivity contribution in [2.75, 3.05) is 7.11 Å². The molecule has 7 heteroatoms. The van der Waals surface area contributed by atoms with Crippen molar-refractivity contribution < 1.29 is 22.8 Å². The number of hydrogen-bond donors (Lipinski definition) is 0. The molecular weight excluding hydrogens is 646 g/mol. The molecule has 0 aliphatic rings. The molecule has 2 atom stereocenters. The number of para-hydroxylation sites is 2. The van der Waals surface area contributed by atoms with Crippen LogP contribution in [0.25, 0.3) is 21.5 Å². The summed E-state index contributed by atoms with van der Waals surface area (Å²) in [5.41, 5.74) is 5.22. The van der Waals surface area contributed by atoms with Crippen molar-refractivity contribution in [2.45, 2.75) is 19.8 Å². The van der Waals surface area contributed by atoms with Crippen LogP contribution in [0.3, 0.4) is 0 Å². The number of aryl methyl sites for hydroxylation is 2. The van der Waals surface area contributed by atoms with Crippen LogP contribution in [-0.4, -0.2) is 7.11 Å². The highest BCUT2D eigenvalue weighted by molar-refractivity contribution is 7.27. The van der Waals surface area contributed by atoms with E-state index >= 15 is 0 Å². The Morgan fingerprint density at radius 1 is 0.429 bits per heavy atom. The van der Waals surface area contributed by atoms with Crippen molar-refractivity contribution >= 4 is 39.6 Å². The molecule has 0 aromatic heterocycles. The van der Waals surface area contributed by atoms with Crippen LogP contribution in [0.2, 0.25) is 0 Å². The summed E-state index contributed by atoms with van der Waals surface area (Å²) >= 11 is 0. The van der Waals surface area contributed by atoms with Crippen molar-refractivity contribution in [1.29, 1.82) is 0 Å². The van der Waals surface area contributed by atoms with Gasteiger partial charge in [-0.25, -0.2) is 0 Å². The first-order valence-electron chi connectivity index (χ1n) is 16.1. The van der Waals surface area contributed by atoms with Gasteiger partial charge in [-0.2, -0.15) is 0 Å². The van der Waals surface area contributed by atoms with Gasteiger partial charge in [0.2, 0.25) is 0 Å². The summed E-state index contributed by atoms with van der Waals surface area (Å²) < 4.78 is 31.1. The minimum atomic E-state index is -0.292. The van der Waals surface area contributed by atoms with Gasteiger partial charge >= 0.3 is 0 Å². The highest BCUT2D eigenvalue weighted by Gasteiger charge is 2.29. The molecule has 7 rings (SSSR count). The third kappa shape index (κ3) is 7.06. The summed E-state index contributed by atoms with van der Waals surface area (Å²) in [5, 5.41) is 4.39. The third-order valence-corrected chi connectivity index (χ3v) is 9.89. The summed E-state index contributed by atoms with van der Waals surface area (Å²) in [7, 11) is 1.18. The molecule has 0 N–H and O–H groups in total. The molecule has 0 aliphatic heterocycles. The second kappa shape index (κ2) is 15.0. The molecule has 0 saturated carbocycles. The van der Waals surface area contributed by atoms with Crippen molar-refractivity contribution in [1.82, 2.24) is 0 Å². The Morgan fingerprint density at radius 2 is 0.857 bits per heavy atom. The van der Waals surface area contributed by atoms with E-state index in [1.54, 1.807) is 7.11 Å². The Kier molecular flexibility index (Phi) is 9.94. The smallest absolute Gasteiger partial charge is 0.275 e. The second-order valence-corrected chi connectivity index (χ2v) is 12.9. The molecule has 0 saturated heterocycles. The van der Waals surface area contributed by atoms with Gasteiger partial charge in [-0.1, -0.05) is 109 Å². The first kappa shape index (κ1) is 32.5. The maximum atomic E-state index is 6.59. The lowest BCUT2D eigenvalue weighted by atomic mass is 9.80. The average molecular weight is 683 g/mol. The number of benzene rings is 7. The van der Waals surface area contributed by atoms with Gasteiger partial charge in [-0.3, -0.25) is 0 Å². The Morgan fingerprint density at radius 3 is 1.33 bits per heavy atom. The minimum absolute atomic E-state index is 0.251. The van der Waals surface area contributed by atoms with Crippen LogP contribution >= 0.6 is 18.1 Å². The molecule has 0 spiro atoms. The minimum Gasteiger partial charge on any atom is -0.497 e. The molecule has 0 fully saturated rings. The normalized spacial score (nSPS) is 12.1. The average Bonchev–Trinajstić information content (AvgIpc) is 3.14. The Balaban J connectivity index is 1.40. The molecular formula is C42H36O5P2. The molecule has 7 aromatic rings. The Bertz CT molecular complexity index is 2080. The van der Waals surface area contributed by atoms with Gasteiger partial charge in [0.25, 0.3) is 18.1 Å². The van der Waals surface area contributed by atoms with Gasteiger partial charge in [-0.15, -0.1) is 0 Å². The Labute approximate surface area is 290 Å². The van der Waals surface area contributed by atoms with Gasteiger partial charge in [0, 0.05) is 17.0 Å². The monoisotopic (exact) mass is 682 g/mol. The van der Waals surface area contributed by atoms with E-state index in [0.29, 0.717) is 0 Å². The largest absolute Gasteiger partial charge is 0.497 e. The van der Waals surface area contributed by atoms with Crippen LogP contribution in [0.5, 0.6) is 28.7 Å². The second-order valence-electron chi connectivity index (χ2n) is 11.7. The quantitative estimate of drug-likeness (QED) is 0.0948. The van der Waals surface area contributed by atoms with Gasteiger partial charge < -0.3 is 22.8 Å².